The molecule has 0 radical (unpaired) electrons. The summed E-state index contributed by atoms with van der Waals surface area (Å²) >= 11 is 0. The van der Waals surface area contributed by atoms with Gasteiger partial charge in [0.05, 0.1) is 36.4 Å². The van der Waals surface area contributed by atoms with Gasteiger partial charge in [0, 0.05) is 24.8 Å². The molecule has 1 aliphatic carbocycles. The van der Waals surface area contributed by atoms with Gasteiger partial charge in [-0.15, -0.1) is 0 Å². The van der Waals surface area contributed by atoms with E-state index < -0.39 is 23.5 Å². The molecular weight excluding hydrogens is 492 g/mol. The molecule has 0 aliphatic heterocycles. The number of aromatic nitrogens is 4. The number of halogens is 4. The summed E-state index contributed by atoms with van der Waals surface area (Å²) in [6.45, 7) is 1.45. The van der Waals surface area contributed by atoms with Gasteiger partial charge in [-0.25, -0.2) is 20.2 Å². The van der Waals surface area contributed by atoms with Crippen molar-refractivity contribution in [1.82, 2.24) is 29.1 Å². The first-order valence-electron chi connectivity index (χ1n) is 11.5. The van der Waals surface area contributed by atoms with E-state index in [1.165, 1.54) is 21.3 Å². The van der Waals surface area contributed by atoms with Crippen molar-refractivity contribution in [2.45, 2.75) is 44.9 Å². The normalized spacial score (nSPS) is 14.5. The van der Waals surface area contributed by atoms with Gasteiger partial charge < -0.3 is 24.9 Å². The number of hydrazine groups is 1. The Labute approximate surface area is 208 Å². The second-order valence-corrected chi connectivity index (χ2v) is 9.12. The van der Waals surface area contributed by atoms with E-state index in [0.29, 0.717) is 16.8 Å². The van der Waals surface area contributed by atoms with E-state index in [9.17, 15) is 22.4 Å². The lowest BCUT2D eigenvalue weighted by atomic mass is 10.1. The van der Waals surface area contributed by atoms with Crippen LogP contribution in [0.25, 0.3) is 11.2 Å². The SMILES string of the molecule is Cc1ccn2cnc(CNC(=O)/C(N)=C/N(N)Cc3cn4cc(C5CC5)cc(C(F)(F)F)c4n3)c2c1F. The van der Waals surface area contributed by atoms with Crippen LogP contribution in [0.4, 0.5) is 17.6 Å². The minimum Gasteiger partial charge on any atom is -0.393 e. The molecule has 0 spiro atoms. The van der Waals surface area contributed by atoms with Gasteiger partial charge in [-0.2, -0.15) is 13.2 Å². The second-order valence-electron chi connectivity index (χ2n) is 9.12. The standard InChI is InChI=1S/C24H24F4N8O/c1-13-4-5-34-12-32-19(21(34)20(13)25)7-31-23(37)18(29)11-36(30)10-16-9-35-8-15(14-2-3-14)6-17(22(35)33-16)24(26,27)28/h4-6,8-9,11-12,14H,2-3,7,10,29-30H2,1H3,(H,31,37)/b18-11-. The van der Waals surface area contributed by atoms with E-state index in [4.69, 9.17) is 11.6 Å². The number of nitrogens with zero attached hydrogens (tertiary/aromatic N) is 5. The number of carbonyl (C=O) groups excluding carboxylic acids is 1. The van der Waals surface area contributed by atoms with Gasteiger partial charge in [0.2, 0.25) is 0 Å². The van der Waals surface area contributed by atoms with Gasteiger partial charge in [-0.05, 0) is 48.9 Å². The average molecular weight is 517 g/mol. The minimum absolute atomic E-state index is 0.0786. The largest absolute Gasteiger partial charge is 0.419 e. The van der Waals surface area contributed by atoms with Gasteiger partial charge in [0.15, 0.2) is 5.82 Å². The van der Waals surface area contributed by atoms with Crippen molar-refractivity contribution in [2.24, 2.45) is 11.6 Å². The van der Waals surface area contributed by atoms with E-state index in [2.05, 4.69) is 15.3 Å². The van der Waals surface area contributed by atoms with E-state index in [0.717, 1.165) is 30.1 Å². The minimum atomic E-state index is -4.55. The lowest BCUT2D eigenvalue weighted by Crippen LogP contribution is -2.32. The molecule has 1 aliphatic rings. The number of hydrogen-bond donors (Lipinski definition) is 3. The van der Waals surface area contributed by atoms with Crippen molar-refractivity contribution >= 4 is 17.1 Å². The third kappa shape index (κ3) is 4.94. The van der Waals surface area contributed by atoms with Crippen LogP contribution < -0.4 is 16.9 Å². The van der Waals surface area contributed by atoms with Crippen LogP contribution in [0.2, 0.25) is 0 Å². The fraction of sp³-hybridized carbons (Fsp3) is 0.292. The molecule has 4 aromatic rings. The van der Waals surface area contributed by atoms with E-state index >= 15 is 0 Å². The quantitative estimate of drug-likeness (QED) is 0.150. The summed E-state index contributed by atoms with van der Waals surface area (Å²) in [4.78, 5) is 20.7. The lowest BCUT2D eigenvalue weighted by molar-refractivity contribution is -0.136. The summed E-state index contributed by atoms with van der Waals surface area (Å²) in [6.07, 6.45) is 4.54. The molecule has 4 heterocycles. The zero-order valence-electron chi connectivity index (χ0n) is 19.8. The van der Waals surface area contributed by atoms with Gasteiger partial charge in [-0.1, -0.05) is 0 Å². The number of pyridine rings is 2. The molecule has 0 saturated heterocycles. The maximum Gasteiger partial charge on any atom is 0.419 e. The van der Waals surface area contributed by atoms with Gasteiger partial charge in [0.1, 0.15) is 16.9 Å². The number of rotatable bonds is 7. The van der Waals surface area contributed by atoms with Gasteiger partial charge >= 0.3 is 6.18 Å². The highest BCUT2D eigenvalue weighted by Gasteiger charge is 2.36. The van der Waals surface area contributed by atoms with Crippen LogP contribution in [0.3, 0.4) is 0 Å². The molecule has 1 amide bonds. The molecule has 37 heavy (non-hydrogen) atoms. The highest BCUT2D eigenvalue weighted by atomic mass is 19.4. The van der Waals surface area contributed by atoms with E-state index in [1.807, 2.05) is 0 Å². The molecule has 13 heteroatoms. The number of amides is 1. The number of fused-ring (bicyclic) bond motifs is 2. The molecule has 0 bridgehead atoms. The van der Waals surface area contributed by atoms with Crippen molar-refractivity contribution in [3.8, 4) is 0 Å². The van der Waals surface area contributed by atoms with Crippen molar-refractivity contribution in [3.63, 3.8) is 0 Å². The van der Waals surface area contributed by atoms with Crippen LogP contribution in [0.5, 0.6) is 0 Å². The predicted molar refractivity (Wildman–Crippen MR) is 126 cm³/mol. The Morgan fingerprint density at radius 1 is 1.30 bits per heavy atom. The van der Waals surface area contributed by atoms with Crippen molar-refractivity contribution in [2.75, 3.05) is 0 Å². The predicted octanol–water partition coefficient (Wildman–Crippen LogP) is 3.12. The van der Waals surface area contributed by atoms with Crippen molar-refractivity contribution < 1.29 is 22.4 Å². The number of nitrogens with two attached hydrogens (primary N) is 2. The van der Waals surface area contributed by atoms with Crippen molar-refractivity contribution in [1.29, 1.82) is 0 Å². The van der Waals surface area contributed by atoms with Gasteiger partial charge in [0.25, 0.3) is 5.91 Å². The van der Waals surface area contributed by atoms with E-state index in [-0.39, 0.29) is 41.6 Å². The molecule has 1 fully saturated rings. The second kappa shape index (κ2) is 9.07. The molecule has 194 valence electrons. The molecule has 0 atom stereocenters. The third-order valence-electron chi connectivity index (χ3n) is 6.21. The number of aryl methyl sites for hydroxylation is 1. The topological polar surface area (TPSA) is 119 Å². The Kier molecular flexibility index (Phi) is 6.02. The van der Waals surface area contributed by atoms with Crippen LogP contribution in [-0.4, -0.2) is 29.7 Å². The highest BCUT2D eigenvalue weighted by molar-refractivity contribution is 5.92. The zero-order valence-corrected chi connectivity index (χ0v) is 19.8. The fourth-order valence-electron chi connectivity index (χ4n) is 4.17. The Hall–Kier alpha value is -4.13. The Morgan fingerprint density at radius 2 is 2.05 bits per heavy atom. The smallest absolute Gasteiger partial charge is 0.393 e. The molecule has 5 N–H and O–H groups in total. The van der Waals surface area contributed by atoms with Crippen LogP contribution in [0.1, 0.15) is 46.8 Å². The van der Waals surface area contributed by atoms with Gasteiger partial charge in [-0.3, -0.25) is 4.79 Å². The van der Waals surface area contributed by atoms with Crippen molar-refractivity contribution in [3.05, 3.63) is 82.8 Å². The number of alkyl halides is 3. The summed E-state index contributed by atoms with van der Waals surface area (Å²) in [6, 6.07) is 2.77. The first-order valence-corrected chi connectivity index (χ1v) is 11.5. The number of carbonyl (C=O) groups is 1. The molecule has 0 aromatic carbocycles. The number of nitrogens with one attached hydrogen (secondary N) is 1. The lowest BCUT2D eigenvalue weighted by Gasteiger charge is -2.13. The monoisotopic (exact) mass is 516 g/mol. The molecule has 9 nitrogen and oxygen atoms in total. The highest BCUT2D eigenvalue weighted by Crippen LogP contribution is 2.42. The van der Waals surface area contributed by atoms with Crippen LogP contribution in [-0.2, 0) is 24.1 Å². The maximum absolute atomic E-state index is 14.5. The third-order valence-corrected chi connectivity index (χ3v) is 6.21. The Bertz CT molecular complexity index is 1530. The first kappa shape index (κ1) is 24.6. The first-order chi connectivity index (χ1) is 17.5. The molecule has 0 unspecified atom stereocenters. The Balaban J connectivity index is 1.28. The maximum atomic E-state index is 14.5. The summed E-state index contributed by atoms with van der Waals surface area (Å²) in [7, 11) is 0. The van der Waals surface area contributed by atoms with E-state index in [1.54, 1.807) is 25.4 Å². The molecule has 4 aromatic heterocycles. The fourth-order valence-corrected chi connectivity index (χ4v) is 4.17. The molecule has 1 saturated carbocycles. The molecular formula is C24H24F4N8O. The number of imidazole rings is 2. The van der Waals surface area contributed by atoms with Crippen LogP contribution in [0, 0.1) is 12.7 Å². The van der Waals surface area contributed by atoms with Crippen LogP contribution in [0.15, 0.2) is 48.9 Å². The number of hydrogen-bond acceptors (Lipinski definition) is 6. The zero-order chi connectivity index (χ0) is 26.5. The summed E-state index contributed by atoms with van der Waals surface area (Å²) in [5.74, 6) is 4.96. The summed E-state index contributed by atoms with van der Waals surface area (Å²) < 4.78 is 58.2. The average Bonchev–Trinajstić information content (AvgIpc) is 3.47. The summed E-state index contributed by atoms with van der Waals surface area (Å²) in [5, 5.41) is 3.62. The summed E-state index contributed by atoms with van der Waals surface area (Å²) in [5.41, 5.74) is 6.47. The Morgan fingerprint density at radius 3 is 2.76 bits per heavy atom. The van der Waals surface area contributed by atoms with Crippen LogP contribution >= 0.6 is 0 Å². The molecule has 5 rings (SSSR count).